The predicted molar refractivity (Wildman–Crippen MR) is 144 cm³/mol. The molecule has 1 aliphatic heterocycles. The Labute approximate surface area is 218 Å². The highest BCUT2D eigenvalue weighted by Gasteiger charge is 2.30. The summed E-state index contributed by atoms with van der Waals surface area (Å²) in [7, 11) is -4.01. The topological polar surface area (TPSA) is 95.6 Å². The fourth-order valence-corrected chi connectivity index (χ4v) is 5.69. The minimum atomic E-state index is -4.01. The lowest BCUT2D eigenvalue weighted by atomic mass is 10.0. The number of hydrogen-bond acceptors (Lipinski definition) is 4. The molecule has 1 aliphatic rings. The van der Waals surface area contributed by atoms with E-state index in [4.69, 9.17) is 0 Å². The summed E-state index contributed by atoms with van der Waals surface area (Å²) in [4.78, 5) is 27.4. The predicted octanol–water partition coefficient (Wildman–Crippen LogP) is 4.29. The van der Waals surface area contributed by atoms with Crippen LogP contribution >= 0.6 is 0 Å². The number of nitrogens with zero attached hydrogens (tertiary/aromatic N) is 1. The molecule has 2 N–H and O–H groups in total. The summed E-state index contributed by atoms with van der Waals surface area (Å²) in [5.74, 6) is -0.338. The molecule has 194 valence electrons. The number of carbonyl (C=O) groups is 2. The molecule has 3 aromatic rings. The molecule has 1 atom stereocenters. The average molecular weight is 520 g/mol. The molecule has 0 bridgehead atoms. The van der Waals surface area contributed by atoms with Gasteiger partial charge in [0, 0.05) is 25.2 Å². The largest absolute Gasteiger partial charge is 0.337 e. The van der Waals surface area contributed by atoms with Crippen molar-refractivity contribution in [2.45, 2.75) is 56.5 Å². The highest BCUT2D eigenvalue weighted by Crippen LogP contribution is 2.26. The van der Waals surface area contributed by atoms with Gasteiger partial charge in [0.25, 0.3) is 0 Å². The molecule has 8 heteroatoms. The summed E-state index contributed by atoms with van der Waals surface area (Å²) in [6.45, 7) is 3.01. The van der Waals surface area contributed by atoms with Crippen LogP contribution in [0.4, 0.5) is 5.69 Å². The molecule has 0 unspecified atom stereocenters. The van der Waals surface area contributed by atoms with E-state index in [9.17, 15) is 18.0 Å². The molecule has 0 aromatic heterocycles. The third kappa shape index (κ3) is 7.05. The zero-order valence-electron chi connectivity index (χ0n) is 21.0. The summed E-state index contributed by atoms with van der Waals surface area (Å²) in [5, 5.41) is 2.77. The van der Waals surface area contributed by atoms with Crippen molar-refractivity contribution in [1.29, 1.82) is 0 Å². The third-order valence-electron chi connectivity index (χ3n) is 6.47. The normalized spacial score (nSPS) is 13.9. The maximum Gasteiger partial charge on any atom is 0.241 e. The Morgan fingerprint density at radius 2 is 1.65 bits per heavy atom. The first-order chi connectivity index (χ1) is 17.9. The number of sulfonamides is 1. The summed E-state index contributed by atoms with van der Waals surface area (Å²) in [6, 6.07) is 22.8. The van der Waals surface area contributed by atoms with Crippen molar-refractivity contribution in [2.24, 2.45) is 0 Å². The Kier molecular flexibility index (Phi) is 8.74. The van der Waals surface area contributed by atoms with Gasteiger partial charge in [-0.15, -0.1) is 0 Å². The Balaban J connectivity index is 1.62. The van der Waals surface area contributed by atoms with Gasteiger partial charge >= 0.3 is 0 Å². The van der Waals surface area contributed by atoms with Crippen LogP contribution in [0.2, 0.25) is 0 Å². The molecule has 3 aromatic carbocycles. The summed E-state index contributed by atoms with van der Waals surface area (Å²) in [5.41, 5.74) is 3.25. The number of unbranched alkanes of at least 4 members (excludes halogenated alkanes) is 1. The van der Waals surface area contributed by atoms with Crippen molar-refractivity contribution < 1.29 is 18.0 Å². The number of rotatable bonds is 11. The third-order valence-corrected chi connectivity index (χ3v) is 7.94. The van der Waals surface area contributed by atoms with Crippen LogP contribution in [-0.2, 0) is 39.0 Å². The molecular weight excluding hydrogens is 486 g/mol. The molecule has 0 aliphatic carbocycles. The number of fused-ring (bicyclic) bond motifs is 1. The molecule has 2 amide bonds. The van der Waals surface area contributed by atoms with Crippen molar-refractivity contribution in [2.75, 3.05) is 11.9 Å². The van der Waals surface area contributed by atoms with E-state index in [1.165, 1.54) is 6.07 Å². The number of carbonyl (C=O) groups excluding carboxylic acids is 2. The fraction of sp³-hybridized carbons (Fsp3) is 0.310. The molecule has 7 nitrogen and oxygen atoms in total. The molecule has 1 heterocycles. The molecule has 0 fully saturated rings. The fourth-order valence-electron chi connectivity index (χ4n) is 4.45. The second-order valence-corrected chi connectivity index (χ2v) is 11.0. The maximum absolute atomic E-state index is 13.9. The zero-order chi connectivity index (χ0) is 26.3. The lowest BCUT2D eigenvalue weighted by Crippen LogP contribution is -2.49. The Hall–Kier alpha value is -3.49. The van der Waals surface area contributed by atoms with E-state index in [1.807, 2.05) is 60.7 Å². The monoisotopic (exact) mass is 519 g/mol. The van der Waals surface area contributed by atoms with Gasteiger partial charge in [-0.2, -0.15) is 4.72 Å². The SMILES string of the molecule is CCCCN(Cc1ccccc1)C(=O)[C@H](Cc1ccccc1)NS(=O)(=O)c1ccc2c(c1)CCC(=O)N2. The number of anilines is 1. The second kappa shape index (κ2) is 12.2. The smallest absolute Gasteiger partial charge is 0.241 e. The number of aryl methyl sites for hydroxylation is 1. The quantitative estimate of drug-likeness (QED) is 0.395. The van der Waals surface area contributed by atoms with E-state index in [0.29, 0.717) is 31.6 Å². The van der Waals surface area contributed by atoms with E-state index in [-0.39, 0.29) is 23.1 Å². The van der Waals surface area contributed by atoms with Crippen LogP contribution in [0.1, 0.15) is 42.9 Å². The highest BCUT2D eigenvalue weighted by atomic mass is 32.2. The van der Waals surface area contributed by atoms with Gasteiger partial charge in [0.05, 0.1) is 4.90 Å². The standard InChI is InChI=1S/C29H33N3O4S/c1-2-3-18-32(21-23-12-8-5-9-13-23)29(34)27(19-22-10-6-4-7-11-22)31-37(35,36)25-15-16-26-24(20-25)14-17-28(33)30-26/h4-13,15-16,20,27,31H,2-3,14,17-19,21H2,1H3,(H,30,33)/t27-/m0/s1. The number of nitrogens with one attached hydrogen (secondary N) is 2. The zero-order valence-corrected chi connectivity index (χ0v) is 21.8. The second-order valence-electron chi connectivity index (χ2n) is 9.33. The van der Waals surface area contributed by atoms with Gasteiger partial charge in [0.2, 0.25) is 21.8 Å². The van der Waals surface area contributed by atoms with E-state index >= 15 is 0 Å². The Bertz CT molecular complexity index is 1330. The van der Waals surface area contributed by atoms with E-state index in [2.05, 4.69) is 17.0 Å². The molecule has 0 saturated heterocycles. The first-order valence-electron chi connectivity index (χ1n) is 12.7. The lowest BCUT2D eigenvalue weighted by Gasteiger charge is -2.28. The van der Waals surface area contributed by atoms with Gasteiger partial charge in [-0.3, -0.25) is 9.59 Å². The van der Waals surface area contributed by atoms with Crippen LogP contribution in [0.15, 0.2) is 83.8 Å². The van der Waals surface area contributed by atoms with Crippen molar-refractivity contribution in [1.82, 2.24) is 9.62 Å². The average Bonchev–Trinajstić information content (AvgIpc) is 2.91. The summed E-state index contributed by atoms with van der Waals surface area (Å²) >= 11 is 0. The molecule has 0 saturated carbocycles. The van der Waals surface area contributed by atoms with Crippen LogP contribution in [0.25, 0.3) is 0 Å². The summed E-state index contributed by atoms with van der Waals surface area (Å²) < 4.78 is 29.7. The van der Waals surface area contributed by atoms with Crippen LogP contribution in [0.5, 0.6) is 0 Å². The van der Waals surface area contributed by atoms with Crippen molar-refractivity contribution in [3.05, 3.63) is 95.6 Å². The van der Waals surface area contributed by atoms with Crippen LogP contribution < -0.4 is 10.0 Å². The van der Waals surface area contributed by atoms with Crippen LogP contribution in [0, 0.1) is 0 Å². The van der Waals surface area contributed by atoms with Crippen LogP contribution in [-0.4, -0.2) is 37.7 Å². The van der Waals surface area contributed by atoms with E-state index in [0.717, 1.165) is 29.5 Å². The number of hydrogen-bond donors (Lipinski definition) is 2. The van der Waals surface area contributed by atoms with E-state index < -0.39 is 16.1 Å². The highest BCUT2D eigenvalue weighted by molar-refractivity contribution is 7.89. The van der Waals surface area contributed by atoms with Crippen LogP contribution in [0.3, 0.4) is 0 Å². The first kappa shape index (κ1) is 26.6. The van der Waals surface area contributed by atoms with Gasteiger partial charge < -0.3 is 10.2 Å². The van der Waals surface area contributed by atoms with Crippen molar-refractivity contribution in [3.63, 3.8) is 0 Å². The minimum Gasteiger partial charge on any atom is -0.337 e. The first-order valence-corrected chi connectivity index (χ1v) is 14.2. The molecule has 0 radical (unpaired) electrons. The molecular formula is C29H33N3O4S. The molecule has 37 heavy (non-hydrogen) atoms. The van der Waals surface area contributed by atoms with Gasteiger partial charge in [-0.05, 0) is 54.2 Å². The van der Waals surface area contributed by atoms with Gasteiger partial charge in [-0.25, -0.2) is 8.42 Å². The Morgan fingerprint density at radius 3 is 2.32 bits per heavy atom. The lowest BCUT2D eigenvalue weighted by molar-refractivity contribution is -0.133. The Morgan fingerprint density at radius 1 is 0.973 bits per heavy atom. The van der Waals surface area contributed by atoms with E-state index in [1.54, 1.807) is 17.0 Å². The van der Waals surface area contributed by atoms with Crippen molar-refractivity contribution in [3.8, 4) is 0 Å². The summed E-state index contributed by atoms with van der Waals surface area (Å²) in [6.07, 6.45) is 2.75. The molecule has 0 spiro atoms. The molecule has 4 rings (SSSR count). The van der Waals surface area contributed by atoms with Gasteiger partial charge in [0.15, 0.2) is 0 Å². The van der Waals surface area contributed by atoms with Gasteiger partial charge in [-0.1, -0.05) is 74.0 Å². The van der Waals surface area contributed by atoms with Gasteiger partial charge in [0.1, 0.15) is 6.04 Å². The number of amides is 2. The van der Waals surface area contributed by atoms with Crippen molar-refractivity contribution >= 4 is 27.5 Å². The maximum atomic E-state index is 13.9. The minimum absolute atomic E-state index is 0.0800. The number of benzene rings is 3.